The van der Waals surface area contributed by atoms with Crippen molar-refractivity contribution < 1.29 is 4.79 Å². The fourth-order valence-corrected chi connectivity index (χ4v) is 2.55. The summed E-state index contributed by atoms with van der Waals surface area (Å²) in [7, 11) is 0. The smallest absolute Gasteiger partial charge is 0.254 e. The molecule has 1 aromatic heterocycles. The summed E-state index contributed by atoms with van der Waals surface area (Å²) in [5, 5.41) is 0.401. The van der Waals surface area contributed by atoms with Gasteiger partial charge in [-0.15, -0.1) is 0 Å². The maximum Gasteiger partial charge on any atom is 0.254 e. The average Bonchev–Trinajstić information content (AvgIpc) is 2.37. The molecule has 1 aliphatic heterocycles. The molecule has 0 fully saturated rings. The van der Waals surface area contributed by atoms with Crippen LogP contribution in [0.5, 0.6) is 0 Å². The first-order valence-electron chi connectivity index (χ1n) is 6.71. The van der Waals surface area contributed by atoms with Crippen LogP contribution in [0.3, 0.4) is 0 Å². The Bertz CT molecular complexity index is 511. The van der Waals surface area contributed by atoms with Crippen LogP contribution in [0.1, 0.15) is 42.7 Å². The second kappa shape index (κ2) is 6.20. The highest BCUT2D eigenvalue weighted by molar-refractivity contribution is 6.29. The molecule has 19 heavy (non-hydrogen) atoms. The molecule has 0 atom stereocenters. The highest BCUT2D eigenvalue weighted by Gasteiger charge is 2.19. The number of hydrogen-bond donors (Lipinski definition) is 0. The van der Waals surface area contributed by atoms with Crippen molar-refractivity contribution >= 4 is 17.5 Å². The molecule has 0 bridgehead atoms. The van der Waals surface area contributed by atoms with Crippen molar-refractivity contribution in [1.29, 1.82) is 0 Å². The lowest BCUT2D eigenvalue weighted by molar-refractivity contribution is 0.0765. The zero-order chi connectivity index (χ0) is 13.8. The number of aryl methyl sites for hydroxylation is 1. The SMILES string of the molecule is CCCc1cc(C(=O)N2CCC=C(C)C2)cc(Cl)n1. The molecule has 0 aromatic carbocycles. The lowest BCUT2D eigenvalue weighted by atomic mass is 10.1. The average molecular weight is 279 g/mol. The lowest BCUT2D eigenvalue weighted by Crippen LogP contribution is -2.35. The predicted molar refractivity (Wildman–Crippen MR) is 77.5 cm³/mol. The lowest BCUT2D eigenvalue weighted by Gasteiger charge is -2.26. The Labute approximate surface area is 119 Å². The molecule has 2 rings (SSSR count). The minimum absolute atomic E-state index is 0.0501. The van der Waals surface area contributed by atoms with Crippen LogP contribution in [0, 0.1) is 0 Å². The number of hydrogen-bond acceptors (Lipinski definition) is 2. The maximum absolute atomic E-state index is 12.5. The Morgan fingerprint density at radius 2 is 2.26 bits per heavy atom. The first-order valence-corrected chi connectivity index (χ1v) is 7.09. The van der Waals surface area contributed by atoms with E-state index in [1.54, 1.807) is 6.07 Å². The summed E-state index contributed by atoms with van der Waals surface area (Å²) in [5.41, 5.74) is 2.79. The number of amides is 1. The second-order valence-electron chi connectivity index (χ2n) is 4.99. The van der Waals surface area contributed by atoms with Gasteiger partial charge in [0.1, 0.15) is 5.15 Å². The van der Waals surface area contributed by atoms with Crippen LogP contribution in [-0.2, 0) is 6.42 Å². The van der Waals surface area contributed by atoms with E-state index >= 15 is 0 Å². The number of rotatable bonds is 3. The topological polar surface area (TPSA) is 33.2 Å². The Balaban J connectivity index is 2.21. The Hall–Kier alpha value is -1.35. The molecule has 102 valence electrons. The number of pyridine rings is 1. The molecule has 0 radical (unpaired) electrons. The number of aromatic nitrogens is 1. The van der Waals surface area contributed by atoms with E-state index in [-0.39, 0.29) is 5.91 Å². The van der Waals surface area contributed by atoms with Crippen molar-refractivity contribution in [3.05, 3.63) is 40.2 Å². The maximum atomic E-state index is 12.5. The zero-order valence-electron chi connectivity index (χ0n) is 11.4. The summed E-state index contributed by atoms with van der Waals surface area (Å²) >= 11 is 6.00. The number of halogens is 1. The van der Waals surface area contributed by atoms with Gasteiger partial charge in [0, 0.05) is 24.3 Å². The van der Waals surface area contributed by atoms with E-state index in [1.165, 1.54) is 5.57 Å². The molecule has 0 unspecified atom stereocenters. The fourth-order valence-electron chi connectivity index (χ4n) is 2.33. The number of carbonyl (C=O) groups is 1. The van der Waals surface area contributed by atoms with E-state index in [1.807, 2.05) is 11.0 Å². The molecule has 0 saturated heterocycles. The van der Waals surface area contributed by atoms with E-state index < -0.39 is 0 Å². The highest BCUT2D eigenvalue weighted by Crippen LogP contribution is 2.17. The molecule has 3 nitrogen and oxygen atoms in total. The van der Waals surface area contributed by atoms with Gasteiger partial charge in [0.15, 0.2) is 0 Å². The molecule has 0 N–H and O–H groups in total. The van der Waals surface area contributed by atoms with Gasteiger partial charge < -0.3 is 4.90 Å². The Kier molecular flexibility index (Phi) is 4.59. The summed E-state index contributed by atoms with van der Waals surface area (Å²) in [6.45, 7) is 5.63. The highest BCUT2D eigenvalue weighted by atomic mass is 35.5. The van der Waals surface area contributed by atoms with Gasteiger partial charge in [0.2, 0.25) is 0 Å². The minimum Gasteiger partial charge on any atom is -0.334 e. The molecule has 4 heteroatoms. The van der Waals surface area contributed by atoms with Gasteiger partial charge in [0.05, 0.1) is 0 Å². The molecule has 1 aliphatic rings. The normalized spacial score (nSPS) is 15.3. The third-order valence-electron chi connectivity index (χ3n) is 3.22. The minimum atomic E-state index is 0.0501. The van der Waals surface area contributed by atoms with Crippen molar-refractivity contribution in [3.8, 4) is 0 Å². The number of carbonyl (C=O) groups excluding carboxylic acids is 1. The molecule has 2 heterocycles. The quantitative estimate of drug-likeness (QED) is 0.626. The van der Waals surface area contributed by atoms with Gasteiger partial charge >= 0.3 is 0 Å². The summed E-state index contributed by atoms with van der Waals surface area (Å²) < 4.78 is 0. The van der Waals surface area contributed by atoms with Crippen LogP contribution in [0.15, 0.2) is 23.8 Å². The van der Waals surface area contributed by atoms with Crippen molar-refractivity contribution in [1.82, 2.24) is 9.88 Å². The van der Waals surface area contributed by atoms with E-state index in [9.17, 15) is 4.79 Å². The van der Waals surface area contributed by atoms with E-state index in [0.29, 0.717) is 17.3 Å². The molecule has 0 spiro atoms. The van der Waals surface area contributed by atoms with Crippen molar-refractivity contribution in [2.45, 2.75) is 33.1 Å². The zero-order valence-corrected chi connectivity index (χ0v) is 12.2. The first-order chi connectivity index (χ1) is 9.10. The largest absolute Gasteiger partial charge is 0.334 e. The molecule has 0 saturated carbocycles. The van der Waals surface area contributed by atoms with Crippen molar-refractivity contribution in [2.75, 3.05) is 13.1 Å². The van der Waals surface area contributed by atoms with Crippen molar-refractivity contribution in [3.63, 3.8) is 0 Å². The van der Waals surface area contributed by atoms with Crippen LogP contribution < -0.4 is 0 Å². The second-order valence-corrected chi connectivity index (χ2v) is 5.37. The Morgan fingerprint density at radius 1 is 1.47 bits per heavy atom. The Morgan fingerprint density at radius 3 is 2.95 bits per heavy atom. The van der Waals surface area contributed by atoms with Crippen LogP contribution in [0.2, 0.25) is 5.15 Å². The molecule has 1 aromatic rings. The van der Waals surface area contributed by atoms with Gasteiger partial charge in [0.25, 0.3) is 5.91 Å². The van der Waals surface area contributed by atoms with E-state index in [2.05, 4.69) is 24.9 Å². The third-order valence-corrected chi connectivity index (χ3v) is 3.41. The van der Waals surface area contributed by atoms with Gasteiger partial charge in [-0.1, -0.05) is 36.6 Å². The van der Waals surface area contributed by atoms with Gasteiger partial charge in [-0.25, -0.2) is 4.98 Å². The first kappa shape index (κ1) is 14.1. The molecule has 1 amide bonds. The standard InChI is InChI=1S/C15H19ClN2O/c1-3-5-13-8-12(9-14(16)17-13)15(19)18-7-4-6-11(2)10-18/h6,8-9H,3-5,7,10H2,1-2H3. The fraction of sp³-hybridized carbons (Fsp3) is 0.467. The molecule has 0 aliphatic carbocycles. The van der Waals surface area contributed by atoms with Gasteiger partial charge in [-0.3, -0.25) is 4.79 Å². The van der Waals surface area contributed by atoms with Crippen LogP contribution in [0.4, 0.5) is 0 Å². The van der Waals surface area contributed by atoms with Crippen LogP contribution >= 0.6 is 11.6 Å². The van der Waals surface area contributed by atoms with E-state index in [4.69, 9.17) is 11.6 Å². The van der Waals surface area contributed by atoms with Gasteiger partial charge in [-0.05, 0) is 31.9 Å². The summed E-state index contributed by atoms with van der Waals surface area (Å²) in [5.74, 6) is 0.0501. The number of nitrogens with zero attached hydrogens (tertiary/aromatic N) is 2. The van der Waals surface area contributed by atoms with Crippen LogP contribution in [0.25, 0.3) is 0 Å². The predicted octanol–water partition coefficient (Wildman–Crippen LogP) is 3.48. The van der Waals surface area contributed by atoms with Crippen LogP contribution in [-0.4, -0.2) is 28.9 Å². The monoisotopic (exact) mass is 278 g/mol. The summed E-state index contributed by atoms with van der Waals surface area (Å²) in [6, 6.07) is 3.53. The van der Waals surface area contributed by atoms with Crippen molar-refractivity contribution in [2.24, 2.45) is 0 Å². The van der Waals surface area contributed by atoms with Gasteiger partial charge in [-0.2, -0.15) is 0 Å². The molecular formula is C15H19ClN2O. The molecular weight excluding hydrogens is 260 g/mol. The summed E-state index contributed by atoms with van der Waals surface area (Å²) in [6.07, 6.45) is 4.95. The van der Waals surface area contributed by atoms with E-state index in [0.717, 1.165) is 31.5 Å². The summed E-state index contributed by atoms with van der Waals surface area (Å²) in [4.78, 5) is 18.6. The third kappa shape index (κ3) is 3.57.